The van der Waals surface area contributed by atoms with E-state index in [0.29, 0.717) is 27.7 Å². The van der Waals surface area contributed by atoms with Gasteiger partial charge in [-0.1, -0.05) is 41.6 Å². The molecule has 2 aliphatic rings. The molecule has 33 heavy (non-hydrogen) atoms. The average Bonchev–Trinajstić information content (AvgIpc) is 3.25. The summed E-state index contributed by atoms with van der Waals surface area (Å²) >= 11 is 7.45. The number of thioether (sulfide) groups is 1. The van der Waals surface area contributed by atoms with E-state index >= 15 is 0 Å². The standard InChI is InChI=1S/C24H22ClN3O4S/c1-3-31-23(30)21-15(2)26-24-28(10-11-33-24)22(21)16-6-4-9-19(12-16)32-14-20(29)27-18-8-5-7-17(25)13-18/h4-13,22H,3,14H2,1-2H3,(H,27,29)/t22-/m1/s1. The van der Waals surface area contributed by atoms with Crippen molar-refractivity contribution in [1.29, 1.82) is 0 Å². The number of carbonyl (C=O) groups excluding carboxylic acids is 2. The Balaban J connectivity index is 1.53. The van der Waals surface area contributed by atoms with E-state index in [1.54, 1.807) is 37.3 Å². The number of allylic oxidation sites excluding steroid dienone is 1. The summed E-state index contributed by atoms with van der Waals surface area (Å²) in [6.45, 7) is 3.68. The van der Waals surface area contributed by atoms with Crippen molar-refractivity contribution in [3.05, 3.63) is 82.0 Å². The van der Waals surface area contributed by atoms with Gasteiger partial charge in [-0.3, -0.25) is 4.79 Å². The molecular weight excluding hydrogens is 462 g/mol. The van der Waals surface area contributed by atoms with Crippen molar-refractivity contribution in [1.82, 2.24) is 4.90 Å². The van der Waals surface area contributed by atoms with E-state index in [0.717, 1.165) is 10.7 Å². The number of halogens is 1. The zero-order chi connectivity index (χ0) is 23.4. The van der Waals surface area contributed by atoms with Gasteiger partial charge < -0.3 is 19.7 Å². The van der Waals surface area contributed by atoms with Crippen LogP contribution in [-0.2, 0) is 14.3 Å². The fourth-order valence-electron chi connectivity index (χ4n) is 3.58. The Morgan fingerprint density at radius 1 is 1.21 bits per heavy atom. The van der Waals surface area contributed by atoms with Crippen LogP contribution < -0.4 is 10.1 Å². The number of esters is 1. The molecule has 7 nitrogen and oxygen atoms in total. The van der Waals surface area contributed by atoms with Gasteiger partial charge in [-0.2, -0.15) is 0 Å². The number of rotatable bonds is 7. The van der Waals surface area contributed by atoms with Crippen molar-refractivity contribution in [3.8, 4) is 5.75 Å². The van der Waals surface area contributed by atoms with Crippen LogP contribution in [0.15, 0.2) is 76.4 Å². The highest BCUT2D eigenvalue weighted by molar-refractivity contribution is 8.16. The molecular formula is C24H22ClN3O4S. The maximum absolute atomic E-state index is 12.8. The largest absolute Gasteiger partial charge is 0.484 e. The number of ether oxygens (including phenoxy) is 2. The summed E-state index contributed by atoms with van der Waals surface area (Å²) in [5, 5.41) is 6.00. The highest BCUT2D eigenvalue weighted by Gasteiger charge is 2.37. The Morgan fingerprint density at radius 3 is 2.82 bits per heavy atom. The highest BCUT2D eigenvalue weighted by Crippen LogP contribution is 2.41. The second-order valence-electron chi connectivity index (χ2n) is 7.25. The maximum atomic E-state index is 12.8. The first-order valence-electron chi connectivity index (χ1n) is 10.3. The Bertz CT molecular complexity index is 1180. The van der Waals surface area contributed by atoms with Gasteiger partial charge in [0.2, 0.25) is 0 Å². The van der Waals surface area contributed by atoms with E-state index in [-0.39, 0.29) is 19.1 Å². The first-order valence-corrected chi connectivity index (χ1v) is 11.6. The molecule has 1 atom stereocenters. The summed E-state index contributed by atoms with van der Waals surface area (Å²) in [5.41, 5.74) is 2.51. The Morgan fingerprint density at radius 2 is 2.03 bits per heavy atom. The molecule has 2 aromatic carbocycles. The summed E-state index contributed by atoms with van der Waals surface area (Å²) in [4.78, 5) is 31.6. The van der Waals surface area contributed by atoms with E-state index in [1.165, 1.54) is 11.8 Å². The number of hydrogen-bond donors (Lipinski definition) is 1. The summed E-state index contributed by atoms with van der Waals surface area (Å²) < 4.78 is 11.0. The van der Waals surface area contributed by atoms with E-state index in [9.17, 15) is 9.59 Å². The predicted molar refractivity (Wildman–Crippen MR) is 130 cm³/mol. The molecule has 2 aromatic rings. The lowest BCUT2D eigenvalue weighted by atomic mass is 9.94. The molecule has 1 N–H and O–H groups in total. The Hall–Kier alpha value is -3.23. The third-order valence-corrected chi connectivity index (χ3v) is 5.97. The number of benzene rings is 2. The molecule has 2 heterocycles. The second kappa shape index (κ2) is 10.1. The predicted octanol–water partition coefficient (Wildman–Crippen LogP) is 5.13. The van der Waals surface area contributed by atoms with Crippen molar-refractivity contribution < 1.29 is 19.1 Å². The van der Waals surface area contributed by atoms with Gasteiger partial charge >= 0.3 is 5.97 Å². The van der Waals surface area contributed by atoms with Gasteiger partial charge in [-0.05, 0) is 55.2 Å². The molecule has 0 aromatic heterocycles. The van der Waals surface area contributed by atoms with Crippen molar-refractivity contribution in [2.24, 2.45) is 4.99 Å². The molecule has 0 fully saturated rings. The van der Waals surface area contributed by atoms with Gasteiger partial charge in [0, 0.05) is 16.9 Å². The van der Waals surface area contributed by atoms with Crippen molar-refractivity contribution in [2.45, 2.75) is 19.9 Å². The monoisotopic (exact) mass is 483 g/mol. The SMILES string of the molecule is CCOC(=O)C1=C(C)N=C2SC=CN2[C@@H]1c1cccc(OCC(=O)Nc2cccc(Cl)c2)c1. The van der Waals surface area contributed by atoms with Crippen molar-refractivity contribution >= 4 is 46.1 Å². The number of carbonyl (C=O) groups is 2. The quantitative estimate of drug-likeness (QED) is 0.550. The van der Waals surface area contributed by atoms with Crippen LogP contribution in [0.1, 0.15) is 25.5 Å². The molecule has 2 aliphatic heterocycles. The molecule has 0 saturated heterocycles. The molecule has 9 heteroatoms. The highest BCUT2D eigenvalue weighted by atomic mass is 35.5. The average molecular weight is 484 g/mol. The molecule has 0 saturated carbocycles. The molecule has 0 aliphatic carbocycles. The smallest absolute Gasteiger partial charge is 0.338 e. The first-order chi connectivity index (χ1) is 16.0. The molecule has 170 valence electrons. The zero-order valence-electron chi connectivity index (χ0n) is 18.1. The number of amidine groups is 1. The lowest BCUT2D eigenvalue weighted by molar-refractivity contribution is -0.139. The number of amides is 1. The van der Waals surface area contributed by atoms with Crippen LogP contribution in [0.5, 0.6) is 5.75 Å². The molecule has 0 bridgehead atoms. The lowest BCUT2D eigenvalue weighted by Crippen LogP contribution is -2.34. The van der Waals surface area contributed by atoms with Crippen LogP contribution in [0, 0.1) is 0 Å². The Labute approximate surface area is 201 Å². The number of nitrogens with one attached hydrogen (secondary N) is 1. The second-order valence-corrected chi connectivity index (χ2v) is 8.56. The number of nitrogens with zero attached hydrogens (tertiary/aromatic N) is 2. The fraction of sp³-hybridized carbons (Fsp3) is 0.208. The van der Waals surface area contributed by atoms with Crippen LogP contribution in [0.3, 0.4) is 0 Å². The van der Waals surface area contributed by atoms with E-state index in [1.807, 2.05) is 41.6 Å². The van der Waals surface area contributed by atoms with E-state index < -0.39 is 12.0 Å². The van der Waals surface area contributed by atoms with Crippen LogP contribution in [-0.4, -0.2) is 35.2 Å². The van der Waals surface area contributed by atoms with Gasteiger partial charge in [0.15, 0.2) is 11.8 Å². The maximum Gasteiger partial charge on any atom is 0.338 e. The molecule has 0 unspecified atom stereocenters. The fourth-order valence-corrected chi connectivity index (χ4v) is 4.57. The zero-order valence-corrected chi connectivity index (χ0v) is 19.7. The van der Waals surface area contributed by atoms with Gasteiger partial charge in [-0.15, -0.1) is 0 Å². The van der Waals surface area contributed by atoms with E-state index in [4.69, 9.17) is 21.1 Å². The summed E-state index contributed by atoms with van der Waals surface area (Å²) in [6, 6.07) is 13.8. The molecule has 4 rings (SSSR count). The third kappa shape index (κ3) is 5.23. The number of hydrogen-bond acceptors (Lipinski definition) is 7. The summed E-state index contributed by atoms with van der Waals surface area (Å²) in [7, 11) is 0. The number of anilines is 1. The molecule has 0 radical (unpaired) electrons. The van der Waals surface area contributed by atoms with Gasteiger partial charge in [0.1, 0.15) is 5.75 Å². The Kier molecular flexibility index (Phi) is 7.05. The molecule has 0 spiro atoms. The third-order valence-electron chi connectivity index (χ3n) is 4.97. The topological polar surface area (TPSA) is 80.2 Å². The first kappa shape index (κ1) is 22.9. The van der Waals surface area contributed by atoms with Gasteiger partial charge in [0.25, 0.3) is 5.91 Å². The minimum Gasteiger partial charge on any atom is -0.484 e. The van der Waals surface area contributed by atoms with Crippen molar-refractivity contribution in [3.63, 3.8) is 0 Å². The van der Waals surface area contributed by atoms with Crippen LogP contribution in [0.25, 0.3) is 0 Å². The van der Waals surface area contributed by atoms with E-state index in [2.05, 4.69) is 10.3 Å². The molecule has 1 amide bonds. The van der Waals surface area contributed by atoms with Gasteiger partial charge in [0.05, 0.1) is 23.9 Å². The minimum absolute atomic E-state index is 0.174. The minimum atomic E-state index is -0.411. The normalized spacial score (nSPS) is 16.9. The summed E-state index contributed by atoms with van der Waals surface area (Å²) in [6.07, 6.45) is 1.89. The van der Waals surface area contributed by atoms with Gasteiger partial charge in [-0.25, -0.2) is 9.79 Å². The van der Waals surface area contributed by atoms with Crippen molar-refractivity contribution in [2.75, 3.05) is 18.5 Å². The number of fused-ring (bicyclic) bond motifs is 1. The van der Waals surface area contributed by atoms with Crippen LogP contribution >= 0.6 is 23.4 Å². The number of aliphatic imine (C=N–C) groups is 1. The van der Waals surface area contributed by atoms with Crippen LogP contribution in [0.4, 0.5) is 5.69 Å². The van der Waals surface area contributed by atoms with Crippen LogP contribution in [0.2, 0.25) is 5.02 Å². The summed E-state index contributed by atoms with van der Waals surface area (Å²) in [5.74, 6) is -0.202. The lowest BCUT2D eigenvalue weighted by Gasteiger charge is -2.33.